The van der Waals surface area contributed by atoms with E-state index in [-0.39, 0.29) is 43.0 Å². The molecule has 0 N–H and O–H groups in total. The highest BCUT2D eigenvalue weighted by Gasteiger charge is 2.32. The SMILES string of the molecule is CC(C)Oc1ccc(-n2c(C(=O)CCc3ccccc3)c3n(c2=O)CCN(C(=O)c2ccc(Br)c(Cl)c2)C3)cc1. The fraction of sp³-hybridized carbons (Fsp3) is 0.258. The number of fused-ring (bicyclic) bond motifs is 1. The van der Waals surface area contributed by atoms with Gasteiger partial charge in [-0.25, -0.2) is 4.79 Å². The normalized spacial score (nSPS) is 12.9. The molecule has 0 fully saturated rings. The molecule has 206 valence electrons. The Morgan fingerprint density at radius 3 is 2.40 bits per heavy atom. The van der Waals surface area contributed by atoms with Crippen LogP contribution in [0.4, 0.5) is 0 Å². The van der Waals surface area contributed by atoms with Crippen LogP contribution in [0.2, 0.25) is 5.02 Å². The Kier molecular flexibility index (Phi) is 8.28. The van der Waals surface area contributed by atoms with Crippen LogP contribution in [0.25, 0.3) is 5.69 Å². The lowest BCUT2D eigenvalue weighted by Gasteiger charge is -2.28. The van der Waals surface area contributed by atoms with Crippen molar-refractivity contribution in [3.05, 3.63) is 115 Å². The highest BCUT2D eigenvalue weighted by atomic mass is 79.9. The summed E-state index contributed by atoms with van der Waals surface area (Å²) in [5.74, 6) is 0.314. The number of hydrogen-bond acceptors (Lipinski definition) is 4. The number of aromatic nitrogens is 2. The number of imidazole rings is 1. The summed E-state index contributed by atoms with van der Waals surface area (Å²) in [6.45, 7) is 4.64. The molecule has 1 aromatic heterocycles. The zero-order valence-corrected chi connectivity index (χ0v) is 24.6. The number of hydrogen-bond donors (Lipinski definition) is 0. The molecule has 7 nitrogen and oxygen atoms in total. The molecule has 0 radical (unpaired) electrons. The van der Waals surface area contributed by atoms with Crippen LogP contribution in [-0.4, -0.2) is 38.4 Å². The second-order valence-electron chi connectivity index (χ2n) is 9.99. The van der Waals surface area contributed by atoms with Gasteiger partial charge in [-0.05, 0) is 84.2 Å². The first-order chi connectivity index (χ1) is 19.2. The van der Waals surface area contributed by atoms with E-state index in [0.717, 1.165) is 5.56 Å². The molecule has 3 aromatic carbocycles. The fourth-order valence-electron chi connectivity index (χ4n) is 4.94. The Labute approximate surface area is 246 Å². The average molecular weight is 623 g/mol. The quantitative estimate of drug-likeness (QED) is 0.216. The molecule has 5 rings (SSSR count). The third-order valence-electron chi connectivity index (χ3n) is 6.85. The first-order valence-corrected chi connectivity index (χ1v) is 14.3. The van der Waals surface area contributed by atoms with Crippen molar-refractivity contribution in [2.24, 2.45) is 0 Å². The molecule has 40 heavy (non-hydrogen) atoms. The van der Waals surface area contributed by atoms with Crippen LogP contribution in [0.5, 0.6) is 5.75 Å². The number of carbonyl (C=O) groups is 2. The first kappa shape index (κ1) is 27.9. The maximum Gasteiger partial charge on any atom is 0.333 e. The molecule has 9 heteroatoms. The van der Waals surface area contributed by atoms with Crippen LogP contribution in [0.1, 0.15) is 52.4 Å². The molecule has 1 aliphatic heterocycles. The molecule has 0 bridgehead atoms. The third kappa shape index (κ3) is 5.78. The van der Waals surface area contributed by atoms with Crippen molar-refractivity contribution in [3.8, 4) is 11.4 Å². The Morgan fingerprint density at radius 2 is 1.73 bits per heavy atom. The van der Waals surface area contributed by atoms with Crippen LogP contribution in [0.3, 0.4) is 0 Å². The van der Waals surface area contributed by atoms with Gasteiger partial charge in [0.1, 0.15) is 11.4 Å². The van der Waals surface area contributed by atoms with Crippen molar-refractivity contribution in [2.75, 3.05) is 6.54 Å². The summed E-state index contributed by atoms with van der Waals surface area (Å²) < 4.78 is 9.56. The molecule has 1 amide bonds. The highest BCUT2D eigenvalue weighted by Crippen LogP contribution is 2.27. The summed E-state index contributed by atoms with van der Waals surface area (Å²) in [5, 5.41) is 0.438. The second-order valence-corrected chi connectivity index (χ2v) is 11.3. The van der Waals surface area contributed by atoms with Crippen LogP contribution in [0, 0.1) is 0 Å². The standard InChI is InChI=1S/C31H29BrClN3O4/c1-20(2)40-24-12-10-23(11-13-24)36-29(28(37)15-8-21-6-4-3-5-7-21)27-19-34(16-17-35(27)31(36)39)30(38)22-9-14-25(32)26(33)18-22/h3-7,9-14,18,20H,8,15-17,19H2,1-2H3. The van der Waals surface area contributed by atoms with Crippen molar-refractivity contribution in [2.45, 2.75) is 45.9 Å². The summed E-state index contributed by atoms with van der Waals surface area (Å²) >= 11 is 9.60. The van der Waals surface area contributed by atoms with E-state index >= 15 is 0 Å². The van der Waals surface area contributed by atoms with Crippen molar-refractivity contribution >= 4 is 39.2 Å². The molecule has 0 spiro atoms. The zero-order chi connectivity index (χ0) is 28.4. The minimum Gasteiger partial charge on any atom is -0.491 e. The second kappa shape index (κ2) is 11.9. The van der Waals surface area contributed by atoms with Crippen LogP contribution in [-0.2, 0) is 19.5 Å². The van der Waals surface area contributed by atoms with Gasteiger partial charge >= 0.3 is 5.69 Å². The summed E-state index contributed by atoms with van der Waals surface area (Å²) in [5.41, 5.74) is 2.61. The highest BCUT2D eigenvalue weighted by molar-refractivity contribution is 9.10. The zero-order valence-electron chi connectivity index (χ0n) is 22.3. The number of amides is 1. The van der Waals surface area contributed by atoms with Crippen molar-refractivity contribution in [3.63, 3.8) is 0 Å². The lowest BCUT2D eigenvalue weighted by molar-refractivity contribution is 0.0707. The van der Waals surface area contributed by atoms with E-state index in [2.05, 4.69) is 15.9 Å². The molecule has 0 unspecified atom stereocenters. The predicted octanol–water partition coefficient (Wildman–Crippen LogP) is 6.31. The van der Waals surface area contributed by atoms with Crippen LogP contribution in [0.15, 0.2) is 82.1 Å². The van der Waals surface area contributed by atoms with Gasteiger partial charge in [0.05, 0.1) is 29.1 Å². The van der Waals surface area contributed by atoms with E-state index in [1.807, 2.05) is 44.2 Å². The molecular weight excluding hydrogens is 594 g/mol. The first-order valence-electron chi connectivity index (χ1n) is 13.2. The lowest BCUT2D eigenvalue weighted by atomic mass is 10.0. The number of ether oxygens (including phenoxy) is 1. The van der Waals surface area contributed by atoms with E-state index in [1.54, 1.807) is 51.9 Å². The maximum atomic E-state index is 13.8. The molecular formula is C31H29BrClN3O4. The summed E-state index contributed by atoms with van der Waals surface area (Å²) in [6.07, 6.45) is 0.778. The van der Waals surface area contributed by atoms with Gasteiger partial charge < -0.3 is 9.64 Å². The maximum absolute atomic E-state index is 13.8. The number of Topliss-reactive ketones (excluding diaryl/α,β-unsaturated/α-hetero) is 1. The monoisotopic (exact) mass is 621 g/mol. The Morgan fingerprint density at radius 1 is 1.00 bits per heavy atom. The van der Waals surface area contributed by atoms with Crippen molar-refractivity contribution in [1.29, 1.82) is 0 Å². The molecule has 0 saturated heterocycles. The van der Waals surface area contributed by atoms with Gasteiger partial charge in [-0.3, -0.25) is 18.7 Å². The minimum atomic E-state index is -0.297. The van der Waals surface area contributed by atoms with Gasteiger partial charge in [0.15, 0.2) is 5.78 Å². The van der Waals surface area contributed by atoms with E-state index < -0.39 is 0 Å². The molecule has 4 aromatic rings. The third-order valence-corrected chi connectivity index (χ3v) is 8.08. The van der Waals surface area contributed by atoms with Gasteiger partial charge in [0, 0.05) is 29.5 Å². The topological polar surface area (TPSA) is 73.5 Å². The minimum absolute atomic E-state index is 0.00891. The number of carbonyl (C=O) groups excluding carboxylic acids is 2. The van der Waals surface area contributed by atoms with Crippen LogP contribution < -0.4 is 10.4 Å². The van der Waals surface area contributed by atoms with E-state index in [1.165, 1.54) is 4.57 Å². The number of aryl methyl sites for hydroxylation is 1. The number of nitrogens with zero attached hydrogens (tertiary/aromatic N) is 3. The van der Waals surface area contributed by atoms with Gasteiger partial charge in [-0.1, -0.05) is 41.9 Å². The molecule has 0 saturated carbocycles. The lowest BCUT2D eigenvalue weighted by Crippen LogP contribution is -2.41. The Bertz CT molecular complexity index is 1610. The largest absolute Gasteiger partial charge is 0.491 e. The molecule has 0 atom stereocenters. The number of halogens is 2. The average Bonchev–Trinajstić information content (AvgIpc) is 3.25. The van der Waals surface area contributed by atoms with Gasteiger partial charge in [-0.15, -0.1) is 0 Å². The van der Waals surface area contributed by atoms with Crippen molar-refractivity contribution in [1.82, 2.24) is 14.0 Å². The summed E-state index contributed by atoms with van der Waals surface area (Å²) in [4.78, 5) is 42.6. The van der Waals surface area contributed by atoms with E-state index in [4.69, 9.17) is 16.3 Å². The molecule has 0 aliphatic carbocycles. The Hall–Kier alpha value is -3.62. The van der Waals surface area contributed by atoms with Gasteiger partial charge in [0.25, 0.3) is 5.91 Å². The molecule has 2 heterocycles. The molecule has 1 aliphatic rings. The van der Waals surface area contributed by atoms with Crippen LogP contribution >= 0.6 is 27.5 Å². The summed E-state index contributed by atoms with van der Waals surface area (Å²) in [6, 6.07) is 22.0. The smallest absolute Gasteiger partial charge is 0.333 e. The Balaban J connectivity index is 1.53. The number of benzene rings is 3. The van der Waals surface area contributed by atoms with Crippen molar-refractivity contribution < 1.29 is 14.3 Å². The van der Waals surface area contributed by atoms with E-state index in [9.17, 15) is 14.4 Å². The number of ketones is 1. The summed E-state index contributed by atoms with van der Waals surface area (Å²) in [7, 11) is 0. The van der Waals surface area contributed by atoms with Gasteiger partial charge in [-0.2, -0.15) is 0 Å². The van der Waals surface area contributed by atoms with E-state index in [0.29, 0.717) is 50.8 Å². The van der Waals surface area contributed by atoms with Gasteiger partial charge in [0.2, 0.25) is 0 Å². The fourth-order valence-corrected chi connectivity index (χ4v) is 5.36. The predicted molar refractivity (Wildman–Crippen MR) is 159 cm³/mol. The number of rotatable bonds is 8.